The molecular formula is C20H25ClN4O2. The van der Waals surface area contributed by atoms with Gasteiger partial charge in [0.1, 0.15) is 22.5 Å². The maximum atomic E-state index is 12.9. The van der Waals surface area contributed by atoms with Crippen molar-refractivity contribution in [3.05, 3.63) is 45.9 Å². The third-order valence-corrected chi connectivity index (χ3v) is 5.23. The Bertz CT molecular complexity index is 848. The molecule has 7 heteroatoms. The Balaban J connectivity index is 1.73. The highest BCUT2D eigenvalue weighted by Crippen LogP contribution is 2.26. The minimum absolute atomic E-state index is 0.0283. The predicted molar refractivity (Wildman–Crippen MR) is 107 cm³/mol. The fraction of sp³-hybridized carbons (Fsp3) is 0.450. The van der Waals surface area contributed by atoms with E-state index in [1.54, 1.807) is 7.11 Å². The Morgan fingerprint density at radius 1 is 1.19 bits per heavy atom. The average Bonchev–Trinajstić information content (AvgIpc) is 2.67. The first-order valence-corrected chi connectivity index (χ1v) is 9.54. The van der Waals surface area contributed by atoms with Crippen LogP contribution in [0, 0.1) is 13.8 Å². The fourth-order valence-electron chi connectivity index (χ4n) is 3.37. The van der Waals surface area contributed by atoms with Crippen molar-refractivity contribution in [3.8, 4) is 5.75 Å². The summed E-state index contributed by atoms with van der Waals surface area (Å²) in [6.45, 7) is 8.57. The molecule has 1 aliphatic heterocycles. The maximum absolute atomic E-state index is 12.9. The van der Waals surface area contributed by atoms with E-state index in [1.165, 1.54) is 0 Å². The number of benzene rings is 1. The van der Waals surface area contributed by atoms with Crippen LogP contribution in [0.25, 0.3) is 0 Å². The van der Waals surface area contributed by atoms with Crippen LogP contribution in [0.1, 0.15) is 34.2 Å². The molecule has 0 bridgehead atoms. The highest BCUT2D eigenvalue weighted by Gasteiger charge is 2.25. The van der Waals surface area contributed by atoms with Gasteiger partial charge in [-0.25, -0.2) is 9.97 Å². The van der Waals surface area contributed by atoms with Crippen LogP contribution in [-0.4, -0.2) is 54.1 Å². The van der Waals surface area contributed by atoms with Gasteiger partial charge in [0.2, 0.25) is 0 Å². The van der Waals surface area contributed by atoms with E-state index in [2.05, 4.69) is 14.9 Å². The highest BCUT2D eigenvalue weighted by atomic mass is 35.5. The van der Waals surface area contributed by atoms with Gasteiger partial charge in [0.15, 0.2) is 0 Å². The van der Waals surface area contributed by atoms with Crippen LogP contribution in [-0.2, 0) is 6.42 Å². The summed E-state index contributed by atoms with van der Waals surface area (Å²) in [5, 5.41) is 0.519. The van der Waals surface area contributed by atoms with Crippen molar-refractivity contribution in [3.63, 3.8) is 0 Å². The number of aryl methyl sites for hydroxylation is 2. The number of rotatable bonds is 4. The second-order valence-electron chi connectivity index (χ2n) is 6.68. The topological polar surface area (TPSA) is 58.6 Å². The van der Waals surface area contributed by atoms with E-state index >= 15 is 0 Å². The summed E-state index contributed by atoms with van der Waals surface area (Å²) in [6, 6.07) is 5.59. The maximum Gasteiger partial charge on any atom is 0.254 e. The molecule has 2 heterocycles. The van der Waals surface area contributed by atoms with Gasteiger partial charge >= 0.3 is 0 Å². The zero-order valence-corrected chi connectivity index (χ0v) is 17.0. The summed E-state index contributed by atoms with van der Waals surface area (Å²) in [7, 11) is 1.62. The SMILES string of the molecule is CCc1c(Cl)nc(C)nc1N1CCN(C(=O)c2ccc(C)c(OC)c2)CC1. The van der Waals surface area contributed by atoms with E-state index < -0.39 is 0 Å². The van der Waals surface area contributed by atoms with Crippen molar-refractivity contribution in [2.45, 2.75) is 27.2 Å². The van der Waals surface area contributed by atoms with Gasteiger partial charge < -0.3 is 14.5 Å². The number of hydrogen-bond acceptors (Lipinski definition) is 5. The summed E-state index contributed by atoms with van der Waals surface area (Å²) in [4.78, 5) is 25.8. The van der Waals surface area contributed by atoms with Crippen LogP contribution in [0.3, 0.4) is 0 Å². The summed E-state index contributed by atoms with van der Waals surface area (Å²) in [6.07, 6.45) is 0.775. The van der Waals surface area contributed by atoms with Gasteiger partial charge in [0.25, 0.3) is 5.91 Å². The second kappa shape index (κ2) is 8.13. The first-order valence-electron chi connectivity index (χ1n) is 9.16. The van der Waals surface area contributed by atoms with Crippen molar-refractivity contribution in [1.82, 2.24) is 14.9 Å². The summed E-state index contributed by atoms with van der Waals surface area (Å²) < 4.78 is 5.34. The standard InChI is InChI=1S/C20H25ClN4O2/c1-5-16-18(21)22-14(3)23-19(16)24-8-10-25(11-9-24)20(26)15-7-6-13(2)17(12-15)27-4/h6-7,12H,5,8-11H2,1-4H3. The lowest BCUT2D eigenvalue weighted by Gasteiger charge is -2.36. The van der Waals surface area contributed by atoms with Crippen molar-refractivity contribution in [2.24, 2.45) is 0 Å². The molecule has 0 N–H and O–H groups in total. The smallest absolute Gasteiger partial charge is 0.254 e. The third kappa shape index (κ3) is 4.00. The molecule has 0 radical (unpaired) electrons. The van der Waals surface area contributed by atoms with Crippen LogP contribution in [0.4, 0.5) is 5.82 Å². The van der Waals surface area contributed by atoms with Gasteiger partial charge in [-0.2, -0.15) is 0 Å². The van der Waals surface area contributed by atoms with Crippen LogP contribution in [0.5, 0.6) is 5.75 Å². The van der Waals surface area contributed by atoms with Gasteiger partial charge in [0, 0.05) is 37.3 Å². The van der Waals surface area contributed by atoms with Gasteiger partial charge in [-0.05, 0) is 38.0 Å². The van der Waals surface area contributed by atoms with Gasteiger partial charge in [-0.3, -0.25) is 4.79 Å². The molecule has 1 amide bonds. The molecule has 27 heavy (non-hydrogen) atoms. The Hall–Kier alpha value is -2.34. The molecule has 144 valence electrons. The van der Waals surface area contributed by atoms with Crippen LogP contribution >= 0.6 is 11.6 Å². The molecule has 1 fully saturated rings. The van der Waals surface area contributed by atoms with E-state index in [-0.39, 0.29) is 5.91 Å². The van der Waals surface area contributed by atoms with Gasteiger partial charge in [0.05, 0.1) is 7.11 Å². The van der Waals surface area contributed by atoms with Crippen molar-refractivity contribution in [2.75, 3.05) is 38.2 Å². The van der Waals surface area contributed by atoms with Crippen LogP contribution < -0.4 is 9.64 Å². The Morgan fingerprint density at radius 3 is 2.52 bits per heavy atom. The first kappa shape index (κ1) is 19.4. The highest BCUT2D eigenvalue weighted by molar-refractivity contribution is 6.30. The molecule has 0 atom stereocenters. The van der Waals surface area contributed by atoms with Crippen molar-refractivity contribution < 1.29 is 9.53 Å². The Morgan fingerprint density at radius 2 is 1.89 bits per heavy atom. The normalized spacial score (nSPS) is 14.4. The number of nitrogens with zero attached hydrogens (tertiary/aromatic N) is 4. The number of anilines is 1. The van der Waals surface area contributed by atoms with Crippen molar-refractivity contribution >= 4 is 23.3 Å². The number of halogens is 1. The molecule has 2 aromatic rings. The lowest BCUT2D eigenvalue weighted by Crippen LogP contribution is -2.49. The molecular weight excluding hydrogens is 364 g/mol. The zero-order valence-electron chi connectivity index (χ0n) is 16.3. The lowest BCUT2D eigenvalue weighted by atomic mass is 10.1. The average molecular weight is 389 g/mol. The molecule has 0 spiro atoms. The number of ether oxygens (including phenoxy) is 1. The molecule has 1 aromatic carbocycles. The van der Waals surface area contributed by atoms with E-state index in [1.807, 2.05) is 43.9 Å². The van der Waals surface area contributed by atoms with E-state index in [0.717, 1.165) is 29.1 Å². The zero-order chi connectivity index (χ0) is 19.6. The molecule has 3 rings (SSSR count). The van der Waals surface area contributed by atoms with Gasteiger partial charge in [-0.1, -0.05) is 24.6 Å². The number of carbonyl (C=O) groups is 1. The monoisotopic (exact) mass is 388 g/mol. The molecule has 0 unspecified atom stereocenters. The Kier molecular flexibility index (Phi) is 5.85. The minimum atomic E-state index is 0.0283. The fourth-order valence-corrected chi connectivity index (χ4v) is 3.71. The molecule has 0 aliphatic carbocycles. The third-order valence-electron chi connectivity index (χ3n) is 4.92. The lowest BCUT2D eigenvalue weighted by molar-refractivity contribution is 0.0746. The minimum Gasteiger partial charge on any atom is -0.496 e. The number of methoxy groups -OCH3 is 1. The van der Waals surface area contributed by atoms with Crippen LogP contribution in [0.2, 0.25) is 5.15 Å². The number of amides is 1. The molecule has 0 saturated carbocycles. The molecule has 1 aromatic heterocycles. The number of carbonyl (C=O) groups excluding carboxylic acids is 1. The second-order valence-corrected chi connectivity index (χ2v) is 7.04. The number of piperazine rings is 1. The quantitative estimate of drug-likeness (QED) is 0.752. The van der Waals surface area contributed by atoms with E-state index in [0.29, 0.717) is 42.7 Å². The molecule has 1 saturated heterocycles. The van der Waals surface area contributed by atoms with Crippen LogP contribution in [0.15, 0.2) is 18.2 Å². The summed E-state index contributed by atoms with van der Waals surface area (Å²) >= 11 is 6.30. The summed E-state index contributed by atoms with van der Waals surface area (Å²) in [5.41, 5.74) is 2.63. The van der Waals surface area contributed by atoms with E-state index in [4.69, 9.17) is 16.3 Å². The predicted octanol–water partition coefficient (Wildman–Crippen LogP) is 3.28. The van der Waals surface area contributed by atoms with Crippen molar-refractivity contribution in [1.29, 1.82) is 0 Å². The first-order chi connectivity index (χ1) is 12.9. The van der Waals surface area contributed by atoms with E-state index in [9.17, 15) is 4.79 Å². The Labute approximate surface area is 165 Å². The largest absolute Gasteiger partial charge is 0.496 e. The number of hydrogen-bond donors (Lipinski definition) is 0. The molecule has 6 nitrogen and oxygen atoms in total. The van der Waals surface area contributed by atoms with Gasteiger partial charge in [-0.15, -0.1) is 0 Å². The summed E-state index contributed by atoms with van der Waals surface area (Å²) in [5.74, 6) is 2.32. The molecule has 1 aliphatic rings. The number of aromatic nitrogens is 2.